The molecular weight excluding hydrogens is 276 g/mol. The average Bonchev–Trinajstić information content (AvgIpc) is 2.99. The Morgan fingerprint density at radius 1 is 1.27 bits per heavy atom. The summed E-state index contributed by atoms with van der Waals surface area (Å²) in [5.41, 5.74) is 9.08. The second kappa shape index (κ2) is 6.13. The van der Waals surface area contributed by atoms with Gasteiger partial charge in [0.25, 0.3) is 0 Å². The van der Waals surface area contributed by atoms with E-state index in [4.69, 9.17) is 5.73 Å². The summed E-state index contributed by atoms with van der Waals surface area (Å²) in [5.74, 6) is -0.458. The topological polar surface area (TPSA) is 72.4 Å². The van der Waals surface area contributed by atoms with Crippen LogP contribution < -0.4 is 11.1 Å². The van der Waals surface area contributed by atoms with Crippen molar-refractivity contribution in [3.63, 3.8) is 0 Å². The standard InChI is InChI=1S/C17H16N4O/c18-16(22)7-6-14-3-1-2-4-15(14)20-11-13-5-8-17-19-9-10-21(17)12-13/h1-10,12,20H,11H2,(H2,18,22). The van der Waals surface area contributed by atoms with Crippen molar-refractivity contribution in [3.8, 4) is 0 Å². The van der Waals surface area contributed by atoms with E-state index in [-0.39, 0.29) is 0 Å². The number of hydrogen-bond donors (Lipinski definition) is 2. The Bertz CT molecular complexity index is 835. The van der Waals surface area contributed by atoms with E-state index in [0.717, 1.165) is 22.5 Å². The van der Waals surface area contributed by atoms with Crippen LogP contribution in [-0.4, -0.2) is 15.3 Å². The molecule has 0 atom stereocenters. The van der Waals surface area contributed by atoms with Gasteiger partial charge in [0.1, 0.15) is 5.65 Å². The molecule has 5 nitrogen and oxygen atoms in total. The third kappa shape index (κ3) is 3.15. The minimum absolute atomic E-state index is 0.458. The number of rotatable bonds is 5. The minimum atomic E-state index is -0.458. The number of fused-ring (bicyclic) bond motifs is 1. The number of nitrogens with two attached hydrogens (primary N) is 1. The SMILES string of the molecule is NC(=O)C=Cc1ccccc1NCc1ccc2nccn2c1. The fourth-order valence-electron chi connectivity index (χ4n) is 2.24. The van der Waals surface area contributed by atoms with Crippen molar-refractivity contribution in [1.29, 1.82) is 0 Å². The molecule has 0 aliphatic heterocycles. The fourth-order valence-corrected chi connectivity index (χ4v) is 2.24. The van der Waals surface area contributed by atoms with Gasteiger partial charge in [0.15, 0.2) is 0 Å². The van der Waals surface area contributed by atoms with Gasteiger partial charge < -0.3 is 15.5 Å². The third-order valence-electron chi connectivity index (χ3n) is 3.32. The number of nitrogens with zero attached hydrogens (tertiary/aromatic N) is 2. The number of pyridine rings is 1. The van der Waals surface area contributed by atoms with Crippen molar-refractivity contribution in [2.24, 2.45) is 5.73 Å². The zero-order valence-electron chi connectivity index (χ0n) is 11.9. The molecule has 0 aliphatic rings. The molecular formula is C17H16N4O. The Kier molecular flexibility index (Phi) is 3.87. The molecule has 22 heavy (non-hydrogen) atoms. The third-order valence-corrected chi connectivity index (χ3v) is 3.32. The first-order valence-electron chi connectivity index (χ1n) is 6.94. The van der Waals surface area contributed by atoms with Crippen LogP contribution >= 0.6 is 0 Å². The van der Waals surface area contributed by atoms with Crippen molar-refractivity contribution < 1.29 is 4.79 Å². The number of aromatic nitrogens is 2. The van der Waals surface area contributed by atoms with Crippen LogP contribution in [0, 0.1) is 0 Å². The predicted octanol–water partition coefficient (Wildman–Crippen LogP) is 2.44. The molecule has 2 aromatic heterocycles. The highest BCUT2D eigenvalue weighted by Gasteiger charge is 2.01. The lowest BCUT2D eigenvalue weighted by Gasteiger charge is -2.10. The van der Waals surface area contributed by atoms with Crippen molar-refractivity contribution in [2.75, 3.05) is 5.32 Å². The van der Waals surface area contributed by atoms with Gasteiger partial charge in [0, 0.05) is 36.9 Å². The van der Waals surface area contributed by atoms with Gasteiger partial charge in [-0.25, -0.2) is 4.98 Å². The smallest absolute Gasteiger partial charge is 0.241 e. The summed E-state index contributed by atoms with van der Waals surface area (Å²) in [4.78, 5) is 15.1. The molecule has 0 spiro atoms. The average molecular weight is 292 g/mol. The van der Waals surface area contributed by atoms with E-state index in [1.165, 1.54) is 6.08 Å². The normalized spacial score (nSPS) is 11.1. The van der Waals surface area contributed by atoms with Crippen molar-refractivity contribution in [3.05, 3.63) is 72.2 Å². The van der Waals surface area contributed by atoms with Crippen LogP contribution in [0.3, 0.4) is 0 Å². The quantitative estimate of drug-likeness (QED) is 0.709. The highest BCUT2D eigenvalue weighted by Crippen LogP contribution is 2.18. The summed E-state index contributed by atoms with van der Waals surface area (Å²) in [5, 5.41) is 3.37. The van der Waals surface area contributed by atoms with E-state index < -0.39 is 5.91 Å². The van der Waals surface area contributed by atoms with Gasteiger partial charge in [-0.15, -0.1) is 0 Å². The molecule has 0 saturated heterocycles. The van der Waals surface area contributed by atoms with Crippen molar-refractivity contribution in [1.82, 2.24) is 9.38 Å². The molecule has 1 amide bonds. The fraction of sp³-hybridized carbons (Fsp3) is 0.0588. The monoisotopic (exact) mass is 292 g/mol. The number of carbonyl (C=O) groups is 1. The molecule has 3 N–H and O–H groups in total. The van der Waals surface area contributed by atoms with E-state index in [0.29, 0.717) is 6.54 Å². The summed E-state index contributed by atoms with van der Waals surface area (Å²) < 4.78 is 1.98. The molecule has 110 valence electrons. The molecule has 2 heterocycles. The minimum Gasteiger partial charge on any atom is -0.380 e. The zero-order chi connectivity index (χ0) is 15.4. The summed E-state index contributed by atoms with van der Waals surface area (Å²) >= 11 is 0. The first-order valence-corrected chi connectivity index (χ1v) is 6.94. The zero-order valence-corrected chi connectivity index (χ0v) is 11.9. The largest absolute Gasteiger partial charge is 0.380 e. The molecule has 0 bridgehead atoms. The van der Waals surface area contributed by atoms with Gasteiger partial charge in [-0.3, -0.25) is 4.79 Å². The van der Waals surface area contributed by atoms with Crippen LogP contribution in [-0.2, 0) is 11.3 Å². The maximum Gasteiger partial charge on any atom is 0.241 e. The van der Waals surface area contributed by atoms with Gasteiger partial charge in [-0.2, -0.15) is 0 Å². The molecule has 0 unspecified atom stereocenters. The molecule has 5 heteroatoms. The van der Waals surface area contributed by atoms with Crippen LogP contribution in [0.15, 0.2) is 61.1 Å². The summed E-state index contributed by atoms with van der Waals surface area (Å²) in [7, 11) is 0. The second-order valence-corrected chi connectivity index (χ2v) is 4.91. The number of hydrogen-bond acceptors (Lipinski definition) is 3. The first-order chi connectivity index (χ1) is 10.7. The molecule has 0 radical (unpaired) electrons. The molecule has 0 fully saturated rings. The number of benzene rings is 1. The highest BCUT2D eigenvalue weighted by atomic mass is 16.1. The number of carbonyl (C=O) groups excluding carboxylic acids is 1. The van der Waals surface area contributed by atoms with E-state index >= 15 is 0 Å². The van der Waals surface area contributed by atoms with Crippen molar-refractivity contribution >= 4 is 23.3 Å². The molecule has 0 saturated carbocycles. The number of para-hydroxylation sites is 1. The lowest BCUT2D eigenvalue weighted by molar-refractivity contribution is -0.113. The van der Waals surface area contributed by atoms with Crippen LogP contribution in [0.25, 0.3) is 11.7 Å². The molecule has 3 aromatic rings. The molecule has 3 rings (SSSR count). The Balaban J connectivity index is 1.77. The Hall–Kier alpha value is -3.08. The lowest BCUT2D eigenvalue weighted by atomic mass is 10.1. The van der Waals surface area contributed by atoms with Crippen LogP contribution in [0.5, 0.6) is 0 Å². The van der Waals surface area contributed by atoms with E-state index in [1.807, 2.05) is 53.2 Å². The van der Waals surface area contributed by atoms with E-state index in [2.05, 4.69) is 10.3 Å². The van der Waals surface area contributed by atoms with Crippen LogP contribution in [0.4, 0.5) is 5.69 Å². The van der Waals surface area contributed by atoms with Gasteiger partial charge in [-0.1, -0.05) is 24.3 Å². The second-order valence-electron chi connectivity index (χ2n) is 4.91. The Morgan fingerprint density at radius 2 is 2.14 bits per heavy atom. The Morgan fingerprint density at radius 3 is 3.00 bits per heavy atom. The van der Waals surface area contributed by atoms with Gasteiger partial charge in [0.05, 0.1) is 0 Å². The van der Waals surface area contributed by atoms with Crippen molar-refractivity contribution in [2.45, 2.75) is 6.54 Å². The first kappa shape index (κ1) is 13.9. The number of imidazole rings is 1. The summed E-state index contributed by atoms with van der Waals surface area (Å²) in [6.07, 6.45) is 8.80. The van der Waals surface area contributed by atoms with Gasteiger partial charge in [-0.05, 0) is 29.3 Å². The number of primary amides is 1. The summed E-state index contributed by atoms with van der Waals surface area (Å²) in [6.45, 7) is 0.676. The molecule has 0 aliphatic carbocycles. The van der Waals surface area contributed by atoms with Crippen LogP contribution in [0.2, 0.25) is 0 Å². The number of nitrogens with one attached hydrogen (secondary N) is 1. The van der Waals surface area contributed by atoms with Gasteiger partial charge in [0.2, 0.25) is 5.91 Å². The maximum absolute atomic E-state index is 10.9. The molecule has 1 aromatic carbocycles. The number of anilines is 1. The maximum atomic E-state index is 10.9. The number of amides is 1. The van der Waals surface area contributed by atoms with E-state index in [9.17, 15) is 4.79 Å². The lowest BCUT2D eigenvalue weighted by Crippen LogP contribution is -2.05. The van der Waals surface area contributed by atoms with Crippen LogP contribution in [0.1, 0.15) is 11.1 Å². The predicted molar refractivity (Wildman–Crippen MR) is 87.2 cm³/mol. The van der Waals surface area contributed by atoms with E-state index in [1.54, 1.807) is 12.3 Å². The van der Waals surface area contributed by atoms with Gasteiger partial charge >= 0.3 is 0 Å². The Labute approximate surface area is 128 Å². The highest BCUT2D eigenvalue weighted by molar-refractivity contribution is 5.91. The summed E-state index contributed by atoms with van der Waals surface area (Å²) in [6, 6.07) is 11.8.